The van der Waals surface area contributed by atoms with Crippen molar-refractivity contribution in [1.82, 2.24) is 29.7 Å². The van der Waals surface area contributed by atoms with Crippen molar-refractivity contribution in [2.45, 2.75) is 38.9 Å². The monoisotopic (exact) mass is 462 g/mol. The highest BCUT2D eigenvalue weighted by molar-refractivity contribution is 6.08. The third kappa shape index (κ3) is 4.14. The molecule has 0 unspecified atom stereocenters. The number of nitrogens with zero attached hydrogens (tertiary/aromatic N) is 6. The van der Waals surface area contributed by atoms with Gasteiger partial charge in [-0.15, -0.1) is 0 Å². The number of aromatic nitrogens is 5. The number of halogens is 3. The molecule has 1 aliphatic carbocycles. The third-order valence-electron chi connectivity index (χ3n) is 6.24. The molecule has 0 aromatic carbocycles. The van der Waals surface area contributed by atoms with Crippen molar-refractivity contribution in [2.75, 3.05) is 36.4 Å². The van der Waals surface area contributed by atoms with E-state index < -0.39 is 23.5 Å². The summed E-state index contributed by atoms with van der Waals surface area (Å²) in [4.78, 5) is 19.8. The van der Waals surface area contributed by atoms with Gasteiger partial charge in [-0.2, -0.15) is 23.4 Å². The number of rotatable bonds is 4. The number of alkyl halides is 3. The Bertz CT molecular complexity index is 1190. The van der Waals surface area contributed by atoms with Gasteiger partial charge in [0.2, 0.25) is 0 Å². The predicted molar refractivity (Wildman–Crippen MR) is 115 cm³/mol. The minimum atomic E-state index is -4.70. The first-order chi connectivity index (χ1) is 15.7. The van der Waals surface area contributed by atoms with E-state index in [1.165, 1.54) is 34.4 Å². The van der Waals surface area contributed by atoms with E-state index in [1.807, 2.05) is 6.07 Å². The lowest BCUT2D eigenvalue weighted by Crippen LogP contribution is -2.31. The molecular weight excluding hydrogens is 437 g/mol. The molecular formula is C21H25F3N8O. The molecule has 2 fully saturated rings. The van der Waals surface area contributed by atoms with Gasteiger partial charge < -0.3 is 15.5 Å². The van der Waals surface area contributed by atoms with Gasteiger partial charge in [-0.25, -0.2) is 9.50 Å². The molecule has 1 saturated heterocycles. The van der Waals surface area contributed by atoms with Crippen molar-refractivity contribution in [3.05, 3.63) is 35.9 Å². The normalized spacial score (nSPS) is 18.2. The van der Waals surface area contributed by atoms with E-state index >= 15 is 0 Å². The van der Waals surface area contributed by atoms with Crippen molar-refractivity contribution in [3.8, 4) is 0 Å². The van der Waals surface area contributed by atoms with Crippen LogP contribution in [-0.4, -0.2) is 56.5 Å². The fourth-order valence-electron chi connectivity index (χ4n) is 4.16. The van der Waals surface area contributed by atoms with Gasteiger partial charge in [-0.3, -0.25) is 9.48 Å². The molecule has 176 valence electrons. The van der Waals surface area contributed by atoms with E-state index in [4.69, 9.17) is 0 Å². The first-order valence-corrected chi connectivity index (χ1v) is 10.9. The van der Waals surface area contributed by atoms with Gasteiger partial charge in [0.25, 0.3) is 5.91 Å². The maximum atomic E-state index is 13.5. The van der Waals surface area contributed by atoms with Gasteiger partial charge in [0.1, 0.15) is 11.4 Å². The summed E-state index contributed by atoms with van der Waals surface area (Å²) < 4.78 is 43.0. The first-order valence-electron chi connectivity index (χ1n) is 10.9. The summed E-state index contributed by atoms with van der Waals surface area (Å²) in [6.45, 7) is 6.89. The Kier molecular flexibility index (Phi) is 5.07. The van der Waals surface area contributed by atoms with Crippen LogP contribution in [0.5, 0.6) is 0 Å². The average Bonchev–Trinajstić information content (AvgIpc) is 3.24. The summed E-state index contributed by atoms with van der Waals surface area (Å²) >= 11 is 0. The summed E-state index contributed by atoms with van der Waals surface area (Å²) in [5, 5.41) is 13.6. The summed E-state index contributed by atoms with van der Waals surface area (Å²) in [7, 11) is 0. The van der Waals surface area contributed by atoms with Crippen LogP contribution in [0.3, 0.4) is 0 Å². The Balaban J connectivity index is 1.44. The second kappa shape index (κ2) is 7.72. The van der Waals surface area contributed by atoms with E-state index in [9.17, 15) is 18.0 Å². The molecule has 2 N–H and O–H groups in total. The fraction of sp³-hybridized carbons (Fsp3) is 0.524. The van der Waals surface area contributed by atoms with E-state index in [0.29, 0.717) is 0 Å². The summed E-state index contributed by atoms with van der Waals surface area (Å²) in [5.74, 6) is -0.00437. The van der Waals surface area contributed by atoms with Crippen LogP contribution in [0.25, 0.3) is 5.65 Å². The van der Waals surface area contributed by atoms with Crippen molar-refractivity contribution in [1.29, 1.82) is 0 Å². The van der Waals surface area contributed by atoms with Gasteiger partial charge in [0.05, 0.1) is 11.9 Å². The van der Waals surface area contributed by atoms with Crippen LogP contribution in [0.4, 0.5) is 24.7 Å². The minimum absolute atomic E-state index is 0.0938. The number of nitrogens with one attached hydrogen (secondary N) is 2. The van der Waals surface area contributed by atoms with Crippen molar-refractivity contribution < 1.29 is 18.0 Å². The highest BCUT2D eigenvalue weighted by Crippen LogP contribution is 2.46. The van der Waals surface area contributed by atoms with Crippen LogP contribution in [0.15, 0.2) is 24.7 Å². The van der Waals surface area contributed by atoms with E-state index in [1.54, 1.807) is 20.0 Å². The number of anilines is 2. The number of fused-ring (bicyclic) bond motifs is 1. The fourth-order valence-corrected chi connectivity index (χ4v) is 4.16. The van der Waals surface area contributed by atoms with Crippen LogP contribution in [0.1, 0.15) is 48.8 Å². The van der Waals surface area contributed by atoms with Gasteiger partial charge in [-0.05, 0) is 32.8 Å². The average molecular weight is 462 g/mol. The van der Waals surface area contributed by atoms with Gasteiger partial charge in [0.15, 0.2) is 11.3 Å². The van der Waals surface area contributed by atoms with Crippen LogP contribution >= 0.6 is 0 Å². The molecule has 2 aliphatic rings. The topological polar surface area (TPSA) is 92.4 Å². The highest BCUT2D eigenvalue weighted by Gasteiger charge is 2.45. The van der Waals surface area contributed by atoms with Crippen molar-refractivity contribution in [2.24, 2.45) is 5.41 Å². The first kappa shape index (κ1) is 21.7. The molecule has 1 saturated carbocycles. The summed E-state index contributed by atoms with van der Waals surface area (Å²) in [6.07, 6.45) is 1.86. The Morgan fingerprint density at radius 3 is 2.79 bits per heavy atom. The smallest absolute Gasteiger partial charge is 0.355 e. The lowest BCUT2D eigenvalue weighted by Gasteiger charge is -2.24. The quantitative estimate of drug-likeness (QED) is 0.620. The molecule has 3 aromatic heterocycles. The molecule has 1 amide bonds. The van der Waals surface area contributed by atoms with Gasteiger partial charge in [0, 0.05) is 50.0 Å². The van der Waals surface area contributed by atoms with Crippen LogP contribution in [-0.2, 0) is 6.18 Å². The van der Waals surface area contributed by atoms with Crippen LogP contribution in [0.2, 0.25) is 0 Å². The zero-order chi connectivity index (χ0) is 23.4. The molecule has 9 nitrogen and oxygen atoms in total. The van der Waals surface area contributed by atoms with Gasteiger partial charge in [-0.1, -0.05) is 0 Å². The van der Waals surface area contributed by atoms with Crippen LogP contribution in [0, 0.1) is 5.41 Å². The molecule has 5 rings (SSSR count). The standard InChI is InChI=1S/C21H25F3N8O/c1-13(2)32-10-15(17(29-32)21(22,23)24)27-19(33)14-9-26-31-7-3-16(28-18(14)31)30-8-6-25-11-20(12-30)4-5-20/h3,7,9-10,13,25H,4-6,8,11-12H2,1-2H3,(H,27,33). The number of amides is 1. The van der Waals surface area contributed by atoms with E-state index in [2.05, 4.69) is 30.7 Å². The van der Waals surface area contributed by atoms with Gasteiger partial charge >= 0.3 is 6.18 Å². The molecule has 0 atom stereocenters. The zero-order valence-electron chi connectivity index (χ0n) is 18.4. The maximum absolute atomic E-state index is 13.5. The molecule has 0 radical (unpaired) electrons. The Hall–Kier alpha value is -3.15. The van der Waals surface area contributed by atoms with E-state index in [0.717, 1.165) is 32.0 Å². The number of hydrogen-bond acceptors (Lipinski definition) is 6. The molecule has 33 heavy (non-hydrogen) atoms. The molecule has 1 aliphatic heterocycles. The van der Waals surface area contributed by atoms with Crippen molar-refractivity contribution in [3.63, 3.8) is 0 Å². The second-order valence-corrected chi connectivity index (χ2v) is 9.13. The van der Waals surface area contributed by atoms with Crippen molar-refractivity contribution >= 4 is 23.1 Å². The second-order valence-electron chi connectivity index (χ2n) is 9.13. The summed E-state index contributed by atoms with van der Waals surface area (Å²) in [5.41, 5.74) is -0.879. The summed E-state index contributed by atoms with van der Waals surface area (Å²) in [6, 6.07) is 1.55. The SMILES string of the molecule is CC(C)n1cc(NC(=O)c2cnn3ccc(N4CCNCC5(CC5)C4)nc23)c(C(F)(F)F)n1. The molecule has 0 bridgehead atoms. The molecule has 4 heterocycles. The number of hydrogen-bond donors (Lipinski definition) is 2. The van der Waals surface area contributed by atoms with Crippen LogP contribution < -0.4 is 15.5 Å². The molecule has 1 spiro atoms. The molecule has 12 heteroatoms. The minimum Gasteiger partial charge on any atom is -0.355 e. The zero-order valence-corrected chi connectivity index (χ0v) is 18.4. The Morgan fingerprint density at radius 1 is 1.30 bits per heavy atom. The lowest BCUT2D eigenvalue weighted by atomic mass is 10.1. The number of carbonyl (C=O) groups is 1. The third-order valence-corrected chi connectivity index (χ3v) is 6.24. The Morgan fingerprint density at radius 2 is 2.09 bits per heavy atom. The largest absolute Gasteiger partial charge is 0.437 e. The predicted octanol–water partition coefficient (Wildman–Crippen LogP) is 2.97. The maximum Gasteiger partial charge on any atom is 0.437 e. The lowest BCUT2D eigenvalue weighted by molar-refractivity contribution is -0.140. The highest BCUT2D eigenvalue weighted by atomic mass is 19.4. The molecule has 3 aromatic rings. The van der Waals surface area contributed by atoms with E-state index in [-0.39, 0.29) is 22.7 Å². The Labute approximate surface area is 188 Å². The number of carbonyl (C=O) groups excluding carboxylic acids is 1.